The lowest BCUT2D eigenvalue weighted by molar-refractivity contribution is 0.0922. The van der Waals surface area contributed by atoms with Crippen LogP contribution >= 0.6 is 0 Å². The third-order valence-corrected chi connectivity index (χ3v) is 4.67. The van der Waals surface area contributed by atoms with E-state index in [-0.39, 0.29) is 18.6 Å². The molecule has 0 spiro atoms. The van der Waals surface area contributed by atoms with Crippen molar-refractivity contribution >= 4 is 17.4 Å². The lowest BCUT2D eigenvalue weighted by atomic mass is 10.1. The van der Waals surface area contributed by atoms with E-state index < -0.39 is 0 Å². The Kier molecular flexibility index (Phi) is 5.53. The molecule has 0 radical (unpaired) electrons. The van der Waals surface area contributed by atoms with Gasteiger partial charge in [-0.05, 0) is 32.0 Å². The van der Waals surface area contributed by atoms with E-state index in [1.807, 2.05) is 30.0 Å². The first-order valence-electron chi connectivity index (χ1n) is 9.64. The number of aliphatic hydroxyl groups excluding tert-OH is 1. The normalized spacial score (nSPS) is 13.9. The number of nitrogens with zero attached hydrogens (tertiary/aromatic N) is 5. The van der Waals surface area contributed by atoms with Gasteiger partial charge in [0.15, 0.2) is 17.4 Å². The maximum Gasteiger partial charge on any atom is 0.255 e. The molecule has 30 heavy (non-hydrogen) atoms. The fraction of sp³-hybridized carbons (Fsp3) is 0.286. The van der Waals surface area contributed by atoms with Crippen molar-refractivity contribution in [2.45, 2.75) is 19.9 Å². The summed E-state index contributed by atoms with van der Waals surface area (Å²) in [5.41, 5.74) is 2.57. The van der Waals surface area contributed by atoms with E-state index >= 15 is 0 Å². The minimum absolute atomic E-state index is 0.151. The molecule has 4 heterocycles. The molecule has 0 aromatic carbocycles. The number of ether oxygens (including phenoxy) is 1. The van der Waals surface area contributed by atoms with Crippen LogP contribution in [0.5, 0.6) is 5.75 Å². The minimum Gasteiger partial charge on any atom is -0.486 e. The van der Waals surface area contributed by atoms with Crippen LogP contribution in [0.2, 0.25) is 0 Å². The van der Waals surface area contributed by atoms with Gasteiger partial charge in [-0.2, -0.15) is 0 Å². The highest BCUT2D eigenvalue weighted by Gasteiger charge is 2.26. The summed E-state index contributed by atoms with van der Waals surface area (Å²) in [7, 11) is 0. The Morgan fingerprint density at radius 2 is 2.17 bits per heavy atom. The molecule has 1 aliphatic heterocycles. The summed E-state index contributed by atoms with van der Waals surface area (Å²) in [6.45, 7) is 4.42. The number of anilines is 2. The largest absolute Gasteiger partial charge is 0.486 e. The lowest BCUT2D eigenvalue weighted by Gasteiger charge is -2.31. The second-order valence-corrected chi connectivity index (χ2v) is 7.00. The fourth-order valence-corrected chi connectivity index (χ4v) is 3.18. The Labute approximate surface area is 173 Å². The first kappa shape index (κ1) is 19.7. The van der Waals surface area contributed by atoms with Crippen LogP contribution in [0.4, 0.5) is 11.5 Å². The number of pyridine rings is 2. The number of aryl methyl sites for hydroxylation is 1. The van der Waals surface area contributed by atoms with Gasteiger partial charge in [0.2, 0.25) is 0 Å². The van der Waals surface area contributed by atoms with E-state index in [4.69, 9.17) is 9.72 Å². The highest BCUT2D eigenvalue weighted by Crippen LogP contribution is 2.36. The van der Waals surface area contributed by atoms with Gasteiger partial charge in [-0.1, -0.05) is 6.07 Å². The van der Waals surface area contributed by atoms with Crippen molar-refractivity contribution in [3.63, 3.8) is 0 Å². The number of fused-ring (bicyclic) bond motifs is 1. The maximum atomic E-state index is 12.8. The number of carbonyl (C=O) groups is 1. The summed E-state index contributed by atoms with van der Waals surface area (Å²) in [5, 5.41) is 12.0. The maximum absolute atomic E-state index is 12.8. The SMILES string of the molecule is Cc1cccc(-c2ncc3c(n2)N(c2ccncc2C(=O)NC(C)CO)CCO3)n1. The topological polar surface area (TPSA) is 113 Å². The molecule has 0 fully saturated rings. The molecule has 154 valence electrons. The summed E-state index contributed by atoms with van der Waals surface area (Å²) >= 11 is 0. The molecule has 1 unspecified atom stereocenters. The monoisotopic (exact) mass is 406 g/mol. The van der Waals surface area contributed by atoms with Crippen molar-refractivity contribution in [3.05, 3.63) is 54.1 Å². The molecular weight excluding hydrogens is 384 g/mol. The number of aliphatic hydroxyl groups is 1. The Bertz CT molecular complexity index is 1070. The zero-order chi connectivity index (χ0) is 21.1. The van der Waals surface area contributed by atoms with Crippen LogP contribution in [0.15, 0.2) is 42.9 Å². The summed E-state index contributed by atoms with van der Waals surface area (Å²) in [6, 6.07) is 7.06. The van der Waals surface area contributed by atoms with Gasteiger partial charge >= 0.3 is 0 Å². The predicted octanol–water partition coefficient (Wildman–Crippen LogP) is 1.88. The summed E-state index contributed by atoms with van der Waals surface area (Å²) in [6.07, 6.45) is 4.76. The number of nitrogens with one attached hydrogen (secondary N) is 1. The van der Waals surface area contributed by atoms with Crippen molar-refractivity contribution in [1.82, 2.24) is 25.3 Å². The van der Waals surface area contributed by atoms with Crippen molar-refractivity contribution in [1.29, 1.82) is 0 Å². The van der Waals surface area contributed by atoms with Gasteiger partial charge in [0, 0.05) is 24.1 Å². The van der Waals surface area contributed by atoms with Crippen LogP contribution in [-0.2, 0) is 0 Å². The number of carbonyl (C=O) groups excluding carboxylic acids is 1. The smallest absolute Gasteiger partial charge is 0.255 e. The molecule has 3 aromatic heterocycles. The number of rotatable bonds is 5. The molecular formula is C21H22N6O3. The molecule has 0 saturated heterocycles. The van der Waals surface area contributed by atoms with E-state index in [0.717, 1.165) is 5.69 Å². The van der Waals surface area contributed by atoms with Crippen LogP contribution < -0.4 is 15.0 Å². The Morgan fingerprint density at radius 3 is 2.97 bits per heavy atom. The molecule has 1 amide bonds. The molecule has 9 nitrogen and oxygen atoms in total. The fourth-order valence-electron chi connectivity index (χ4n) is 3.18. The van der Waals surface area contributed by atoms with Gasteiger partial charge in [0.05, 0.1) is 30.6 Å². The number of hydrogen-bond acceptors (Lipinski definition) is 8. The summed E-state index contributed by atoms with van der Waals surface area (Å²) in [5.74, 6) is 1.25. The Hall–Kier alpha value is -3.59. The molecule has 0 aliphatic carbocycles. The number of aromatic nitrogens is 4. The third kappa shape index (κ3) is 3.92. The minimum atomic E-state index is -0.371. The van der Waals surface area contributed by atoms with Crippen LogP contribution in [0, 0.1) is 6.92 Å². The van der Waals surface area contributed by atoms with Crippen LogP contribution in [-0.4, -0.2) is 56.7 Å². The zero-order valence-corrected chi connectivity index (χ0v) is 16.7. The molecule has 2 N–H and O–H groups in total. The standard InChI is InChI=1S/C21H22N6O3/c1-13-4-3-5-16(24-13)19-23-11-18-20(26-19)27(8-9-30-18)17-6-7-22-10-15(17)21(29)25-14(2)12-28/h3-7,10-11,14,28H,8-9,12H2,1-2H3,(H,25,29). The van der Waals surface area contributed by atoms with Crippen molar-refractivity contribution in [3.8, 4) is 17.3 Å². The van der Waals surface area contributed by atoms with Crippen LogP contribution in [0.1, 0.15) is 23.0 Å². The van der Waals surface area contributed by atoms with Crippen molar-refractivity contribution < 1.29 is 14.6 Å². The number of hydrogen-bond donors (Lipinski definition) is 2. The lowest BCUT2D eigenvalue weighted by Crippen LogP contribution is -2.37. The Morgan fingerprint density at radius 1 is 1.30 bits per heavy atom. The summed E-state index contributed by atoms with van der Waals surface area (Å²) < 4.78 is 5.74. The van der Waals surface area contributed by atoms with E-state index in [1.165, 1.54) is 6.20 Å². The van der Waals surface area contributed by atoms with Gasteiger partial charge < -0.3 is 20.1 Å². The first-order chi connectivity index (χ1) is 14.6. The molecule has 1 atom stereocenters. The average molecular weight is 406 g/mol. The second kappa shape index (κ2) is 8.42. The average Bonchev–Trinajstić information content (AvgIpc) is 2.78. The molecule has 4 rings (SSSR count). The molecule has 0 saturated carbocycles. The highest BCUT2D eigenvalue weighted by molar-refractivity contribution is 6.00. The number of amides is 1. The van der Waals surface area contributed by atoms with Gasteiger partial charge in [-0.25, -0.2) is 15.0 Å². The van der Waals surface area contributed by atoms with E-state index in [0.29, 0.717) is 47.5 Å². The van der Waals surface area contributed by atoms with Gasteiger partial charge in [0.1, 0.15) is 12.3 Å². The van der Waals surface area contributed by atoms with E-state index in [9.17, 15) is 9.90 Å². The molecule has 1 aliphatic rings. The second-order valence-electron chi connectivity index (χ2n) is 7.00. The zero-order valence-electron chi connectivity index (χ0n) is 16.7. The highest BCUT2D eigenvalue weighted by atomic mass is 16.5. The quantitative estimate of drug-likeness (QED) is 0.660. The first-order valence-corrected chi connectivity index (χ1v) is 9.64. The van der Waals surface area contributed by atoms with E-state index in [1.54, 1.807) is 25.4 Å². The van der Waals surface area contributed by atoms with Gasteiger partial charge in [-0.15, -0.1) is 0 Å². The van der Waals surface area contributed by atoms with Crippen LogP contribution in [0.25, 0.3) is 11.5 Å². The van der Waals surface area contributed by atoms with Crippen molar-refractivity contribution in [2.75, 3.05) is 24.7 Å². The molecule has 0 bridgehead atoms. The Balaban J connectivity index is 1.75. The van der Waals surface area contributed by atoms with Crippen LogP contribution in [0.3, 0.4) is 0 Å². The van der Waals surface area contributed by atoms with E-state index in [2.05, 4.69) is 20.3 Å². The predicted molar refractivity (Wildman–Crippen MR) is 111 cm³/mol. The molecule has 9 heteroatoms. The summed E-state index contributed by atoms with van der Waals surface area (Å²) in [4.78, 5) is 32.4. The third-order valence-electron chi connectivity index (χ3n) is 4.67. The molecule has 3 aromatic rings. The van der Waals surface area contributed by atoms with Gasteiger partial charge in [0.25, 0.3) is 5.91 Å². The van der Waals surface area contributed by atoms with Gasteiger partial charge in [-0.3, -0.25) is 9.78 Å². The van der Waals surface area contributed by atoms with Crippen molar-refractivity contribution in [2.24, 2.45) is 0 Å².